The van der Waals surface area contributed by atoms with Crippen molar-refractivity contribution in [3.8, 4) is 0 Å². The number of carbonyl (C=O) groups excluding carboxylic acids is 1. The molecule has 6 heteroatoms. The van der Waals surface area contributed by atoms with E-state index < -0.39 is 11.2 Å². The topological polar surface area (TPSA) is 84.3 Å². The number of allylic oxidation sites excluding steroid dienone is 1. The molecule has 3 aliphatic rings. The van der Waals surface area contributed by atoms with E-state index >= 15 is 0 Å². The summed E-state index contributed by atoms with van der Waals surface area (Å²) in [5.74, 6) is 0.632. The Hall–Kier alpha value is -2.30. The lowest BCUT2D eigenvalue weighted by atomic mass is 9.69. The van der Waals surface area contributed by atoms with Gasteiger partial charge in [-0.3, -0.25) is 0 Å². The van der Waals surface area contributed by atoms with Crippen LogP contribution >= 0.6 is 0 Å². The van der Waals surface area contributed by atoms with Crippen LogP contribution in [-0.2, 0) is 14.3 Å². The molecule has 2 aliphatic heterocycles. The highest BCUT2D eigenvalue weighted by molar-refractivity contribution is 5.91. The molecule has 0 N–H and O–H groups in total. The van der Waals surface area contributed by atoms with Gasteiger partial charge in [0.1, 0.15) is 11.7 Å². The van der Waals surface area contributed by atoms with E-state index in [-0.39, 0.29) is 35.9 Å². The molecule has 4 rings (SSSR count). The van der Waals surface area contributed by atoms with Crippen molar-refractivity contribution in [2.24, 2.45) is 28.8 Å². The molecule has 0 amide bonds. The van der Waals surface area contributed by atoms with Gasteiger partial charge in [-0.15, -0.1) is 0 Å². The van der Waals surface area contributed by atoms with Crippen molar-refractivity contribution in [2.75, 3.05) is 0 Å². The first-order chi connectivity index (χ1) is 14.7. The van der Waals surface area contributed by atoms with E-state index in [0.717, 1.165) is 24.0 Å². The SMILES string of the molecule is C/C(=C\C(=O)OC1C2C(C)CCC2C2(C)OC1(C(C)C)CC2N=[N+]=[N-])c1ccccc1. The van der Waals surface area contributed by atoms with Crippen LogP contribution in [-0.4, -0.2) is 29.3 Å². The van der Waals surface area contributed by atoms with Crippen molar-refractivity contribution in [1.29, 1.82) is 0 Å². The highest BCUT2D eigenvalue weighted by Gasteiger charge is 2.70. The van der Waals surface area contributed by atoms with Gasteiger partial charge in [-0.2, -0.15) is 0 Å². The Bertz CT molecular complexity index is 923. The van der Waals surface area contributed by atoms with Crippen molar-refractivity contribution < 1.29 is 14.3 Å². The van der Waals surface area contributed by atoms with Crippen LogP contribution < -0.4 is 0 Å². The summed E-state index contributed by atoms with van der Waals surface area (Å²) in [6.07, 6.45) is 3.89. The Morgan fingerprint density at radius 2 is 2.03 bits per heavy atom. The minimum absolute atomic E-state index is 0.122. The van der Waals surface area contributed by atoms with Crippen molar-refractivity contribution in [2.45, 2.75) is 77.2 Å². The summed E-state index contributed by atoms with van der Waals surface area (Å²) < 4.78 is 13.1. The van der Waals surface area contributed by atoms with Gasteiger partial charge in [0.25, 0.3) is 0 Å². The van der Waals surface area contributed by atoms with Crippen LogP contribution in [0.4, 0.5) is 0 Å². The summed E-state index contributed by atoms with van der Waals surface area (Å²) in [5.41, 5.74) is 9.93. The summed E-state index contributed by atoms with van der Waals surface area (Å²) in [7, 11) is 0. The van der Waals surface area contributed by atoms with Gasteiger partial charge in [-0.05, 0) is 67.5 Å². The lowest BCUT2D eigenvalue weighted by Crippen LogP contribution is -2.62. The van der Waals surface area contributed by atoms with Gasteiger partial charge in [0.05, 0.1) is 11.6 Å². The zero-order valence-corrected chi connectivity index (χ0v) is 19.1. The van der Waals surface area contributed by atoms with Crippen molar-refractivity contribution in [1.82, 2.24) is 0 Å². The number of hydrogen-bond acceptors (Lipinski definition) is 4. The van der Waals surface area contributed by atoms with Crippen molar-refractivity contribution >= 4 is 11.5 Å². The molecule has 0 radical (unpaired) electrons. The Labute approximate surface area is 184 Å². The Kier molecular flexibility index (Phi) is 5.65. The normalized spacial score (nSPS) is 39.2. The van der Waals surface area contributed by atoms with Gasteiger partial charge in [0, 0.05) is 16.9 Å². The van der Waals surface area contributed by atoms with Crippen LogP contribution in [0.5, 0.6) is 0 Å². The molecular weight excluding hydrogens is 390 g/mol. The number of ether oxygens (including phenoxy) is 2. The number of nitrogens with zero attached hydrogens (tertiary/aromatic N) is 3. The summed E-state index contributed by atoms with van der Waals surface area (Å²) >= 11 is 0. The van der Waals surface area contributed by atoms with Gasteiger partial charge in [0.2, 0.25) is 0 Å². The molecule has 3 fully saturated rings. The maximum absolute atomic E-state index is 13.1. The zero-order chi connectivity index (χ0) is 22.4. The van der Waals surface area contributed by atoms with Crippen LogP contribution in [0.25, 0.3) is 16.0 Å². The first-order valence-corrected chi connectivity index (χ1v) is 11.4. The third kappa shape index (κ3) is 3.46. The lowest BCUT2D eigenvalue weighted by molar-refractivity contribution is -0.258. The maximum atomic E-state index is 13.1. The number of carbonyl (C=O) groups is 1. The fraction of sp³-hybridized carbons (Fsp3) is 0.640. The second kappa shape index (κ2) is 7.99. The minimum Gasteiger partial charge on any atom is -0.456 e. The molecule has 1 saturated carbocycles. The second-order valence-corrected chi connectivity index (χ2v) is 10.1. The third-order valence-electron chi connectivity index (χ3n) is 8.18. The van der Waals surface area contributed by atoms with E-state index in [2.05, 4.69) is 37.7 Å². The lowest BCUT2D eigenvalue weighted by Gasteiger charge is -2.53. The van der Waals surface area contributed by atoms with E-state index in [1.165, 1.54) is 0 Å². The average molecular weight is 424 g/mol. The molecule has 7 unspecified atom stereocenters. The average Bonchev–Trinajstić information content (AvgIpc) is 3.25. The maximum Gasteiger partial charge on any atom is 0.331 e. The fourth-order valence-electron chi connectivity index (χ4n) is 6.45. The molecule has 166 valence electrons. The van der Waals surface area contributed by atoms with Crippen LogP contribution in [0.3, 0.4) is 0 Å². The zero-order valence-electron chi connectivity index (χ0n) is 19.1. The second-order valence-electron chi connectivity index (χ2n) is 10.1. The number of benzene rings is 1. The molecule has 0 spiro atoms. The fourth-order valence-corrected chi connectivity index (χ4v) is 6.45. The Balaban J connectivity index is 1.70. The predicted molar refractivity (Wildman–Crippen MR) is 120 cm³/mol. The number of hydrogen-bond donors (Lipinski definition) is 0. The first kappa shape index (κ1) is 21.9. The smallest absolute Gasteiger partial charge is 0.331 e. The number of rotatable bonds is 5. The summed E-state index contributed by atoms with van der Waals surface area (Å²) in [6.45, 7) is 10.5. The monoisotopic (exact) mass is 423 g/mol. The van der Waals surface area contributed by atoms with E-state index in [9.17, 15) is 10.3 Å². The van der Waals surface area contributed by atoms with Gasteiger partial charge >= 0.3 is 5.97 Å². The van der Waals surface area contributed by atoms with Gasteiger partial charge in [0.15, 0.2) is 0 Å². The molecule has 2 bridgehead atoms. The molecule has 6 nitrogen and oxygen atoms in total. The standard InChI is InChI=1S/C25H33N3O3/c1-15(2)25-14-20(27-28-26)24(5,31-25)19-12-11-16(3)22(19)23(25)30-21(29)13-17(4)18-9-7-6-8-10-18/h6-10,13,15-16,19-20,22-23H,11-12,14H2,1-5H3/b17-13+. The predicted octanol–water partition coefficient (Wildman–Crippen LogP) is 5.93. The number of azide groups is 1. The minimum atomic E-state index is -0.641. The Morgan fingerprint density at radius 3 is 2.68 bits per heavy atom. The van der Waals surface area contributed by atoms with E-state index in [1.807, 2.05) is 37.3 Å². The molecular formula is C25H33N3O3. The van der Waals surface area contributed by atoms with E-state index in [0.29, 0.717) is 12.3 Å². The largest absolute Gasteiger partial charge is 0.456 e. The van der Waals surface area contributed by atoms with Gasteiger partial charge in [-0.25, -0.2) is 4.79 Å². The molecule has 0 aromatic heterocycles. The van der Waals surface area contributed by atoms with Gasteiger partial charge < -0.3 is 9.47 Å². The van der Waals surface area contributed by atoms with E-state index in [4.69, 9.17) is 9.47 Å². The highest BCUT2D eigenvalue weighted by Crippen LogP contribution is 2.63. The molecule has 1 aliphatic carbocycles. The van der Waals surface area contributed by atoms with Crippen LogP contribution in [0.15, 0.2) is 41.5 Å². The van der Waals surface area contributed by atoms with Crippen LogP contribution in [0, 0.1) is 23.7 Å². The Morgan fingerprint density at radius 1 is 1.32 bits per heavy atom. The van der Waals surface area contributed by atoms with E-state index in [1.54, 1.807) is 6.08 Å². The number of esters is 1. The molecule has 2 saturated heterocycles. The summed E-state index contributed by atoms with van der Waals surface area (Å²) in [6, 6.07) is 9.60. The van der Waals surface area contributed by atoms with Crippen LogP contribution in [0.2, 0.25) is 0 Å². The molecule has 2 heterocycles. The summed E-state index contributed by atoms with van der Waals surface area (Å²) in [5, 5.41) is 4.16. The van der Waals surface area contributed by atoms with Crippen molar-refractivity contribution in [3.63, 3.8) is 0 Å². The highest BCUT2D eigenvalue weighted by atomic mass is 16.6. The van der Waals surface area contributed by atoms with Crippen molar-refractivity contribution in [3.05, 3.63) is 52.4 Å². The first-order valence-electron chi connectivity index (χ1n) is 11.4. The third-order valence-corrected chi connectivity index (χ3v) is 8.18. The van der Waals surface area contributed by atoms with Crippen LogP contribution in [0.1, 0.15) is 59.4 Å². The molecule has 1 aromatic carbocycles. The molecule has 7 atom stereocenters. The quantitative estimate of drug-likeness (QED) is 0.193. The van der Waals surface area contributed by atoms with Gasteiger partial charge in [-0.1, -0.05) is 56.2 Å². The number of fused-ring (bicyclic) bond motifs is 4. The summed E-state index contributed by atoms with van der Waals surface area (Å²) in [4.78, 5) is 16.2. The molecule has 1 aromatic rings. The molecule has 31 heavy (non-hydrogen) atoms.